The molecular weight excluding hydrogens is 655 g/mol. The zero-order chi connectivity index (χ0) is 35.6. The largest absolute Gasteiger partial charge is 0.313 e. The van der Waals surface area contributed by atoms with E-state index in [9.17, 15) is 0 Å². The molecule has 254 valence electrons. The molecule has 0 unspecified atom stereocenters. The number of hydrogen-bond donors (Lipinski definition) is 0. The molecule has 3 nitrogen and oxygen atoms in total. The van der Waals surface area contributed by atoms with Crippen LogP contribution in [-0.2, 0) is 6.42 Å². The van der Waals surface area contributed by atoms with E-state index in [1.807, 2.05) is 12.4 Å². The number of nitrogens with zero attached hydrogens (tertiary/aromatic N) is 3. The minimum atomic E-state index is 1.000. The Bertz CT molecular complexity index is 3060. The Hall–Kier alpha value is -6.97. The first-order valence-corrected chi connectivity index (χ1v) is 18.8. The predicted molar refractivity (Wildman–Crippen MR) is 227 cm³/mol. The monoisotopic (exact) mass is 689 g/mol. The van der Waals surface area contributed by atoms with E-state index in [4.69, 9.17) is 4.98 Å². The van der Waals surface area contributed by atoms with Gasteiger partial charge in [0.1, 0.15) is 0 Å². The topological polar surface area (TPSA) is 22.8 Å². The first-order valence-electron chi connectivity index (χ1n) is 18.8. The first-order chi connectivity index (χ1) is 26.8. The lowest BCUT2D eigenvalue weighted by molar-refractivity contribution is 0.888. The van der Waals surface area contributed by atoms with Gasteiger partial charge in [0.15, 0.2) is 0 Å². The van der Waals surface area contributed by atoms with Crippen LogP contribution in [0.15, 0.2) is 182 Å². The van der Waals surface area contributed by atoms with Gasteiger partial charge in [0.2, 0.25) is 0 Å². The van der Waals surface area contributed by atoms with E-state index in [1.54, 1.807) is 0 Å². The van der Waals surface area contributed by atoms with Gasteiger partial charge in [0.25, 0.3) is 0 Å². The smallest absolute Gasteiger partial charge is 0.0541 e. The van der Waals surface area contributed by atoms with Crippen LogP contribution in [0, 0.1) is 0 Å². The Labute approximate surface area is 313 Å². The molecule has 0 radical (unpaired) electrons. The summed E-state index contributed by atoms with van der Waals surface area (Å²) in [5.74, 6) is 0. The predicted octanol–water partition coefficient (Wildman–Crippen LogP) is 13.2. The second-order valence-electron chi connectivity index (χ2n) is 14.3. The average molecular weight is 690 g/mol. The van der Waals surface area contributed by atoms with Gasteiger partial charge >= 0.3 is 0 Å². The molecule has 54 heavy (non-hydrogen) atoms. The van der Waals surface area contributed by atoms with Crippen molar-refractivity contribution in [3.63, 3.8) is 0 Å². The average Bonchev–Trinajstić information content (AvgIpc) is 3.77. The SMILES string of the molecule is C1=Cc2c(n(-c3cc(-c4cncc(-c5cccc(-c6cccc7ccccc67)c5)c4)cc(-n4c5ccccc5c5ccccc54)c3)c3ccccc23)CC1. The number of aromatic nitrogens is 3. The van der Waals surface area contributed by atoms with Crippen LogP contribution >= 0.6 is 0 Å². The first kappa shape index (κ1) is 30.6. The molecule has 7 aromatic carbocycles. The van der Waals surface area contributed by atoms with Crippen LogP contribution in [0.4, 0.5) is 0 Å². The van der Waals surface area contributed by atoms with Gasteiger partial charge in [-0.15, -0.1) is 0 Å². The molecular formula is C51H35N3. The molecule has 0 amide bonds. The highest BCUT2D eigenvalue weighted by atomic mass is 15.0. The molecule has 0 atom stereocenters. The Morgan fingerprint density at radius 2 is 1.00 bits per heavy atom. The molecule has 3 aromatic heterocycles. The molecule has 1 aliphatic rings. The van der Waals surface area contributed by atoms with Gasteiger partial charge in [-0.1, -0.05) is 127 Å². The summed E-state index contributed by atoms with van der Waals surface area (Å²) >= 11 is 0. The van der Waals surface area contributed by atoms with Crippen molar-refractivity contribution in [2.45, 2.75) is 12.8 Å². The number of hydrogen-bond acceptors (Lipinski definition) is 1. The van der Waals surface area contributed by atoms with E-state index in [0.717, 1.165) is 46.5 Å². The van der Waals surface area contributed by atoms with Gasteiger partial charge in [-0.25, -0.2) is 0 Å². The molecule has 0 saturated heterocycles. The normalized spacial score (nSPS) is 12.6. The molecule has 0 aliphatic heterocycles. The van der Waals surface area contributed by atoms with E-state index in [0.29, 0.717) is 0 Å². The number of para-hydroxylation sites is 3. The van der Waals surface area contributed by atoms with Crippen molar-refractivity contribution in [2.24, 2.45) is 0 Å². The van der Waals surface area contributed by atoms with Crippen LogP contribution in [-0.4, -0.2) is 14.1 Å². The molecule has 3 heteroatoms. The lowest BCUT2D eigenvalue weighted by Gasteiger charge is -2.18. The highest BCUT2D eigenvalue weighted by molar-refractivity contribution is 6.09. The lowest BCUT2D eigenvalue weighted by atomic mass is 9.95. The molecule has 10 aromatic rings. The molecule has 3 heterocycles. The van der Waals surface area contributed by atoms with Crippen molar-refractivity contribution in [2.75, 3.05) is 0 Å². The van der Waals surface area contributed by atoms with E-state index < -0.39 is 0 Å². The highest BCUT2D eigenvalue weighted by Gasteiger charge is 2.21. The lowest BCUT2D eigenvalue weighted by Crippen LogP contribution is -2.05. The van der Waals surface area contributed by atoms with Crippen LogP contribution < -0.4 is 0 Å². The molecule has 1 aliphatic carbocycles. The zero-order valence-electron chi connectivity index (χ0n) is 29.7. The van der Waals surface area contributed by atoms with Crippen LogP contribution in [0.3, 0.4) is 0 Å². The third-order valence-electron chi connectivity index (χ3n) is 11.2. The Balaban J connectivity index is 1.13. The van der Waals surface area contributed by atoms with E-state index >= 15 is 0 Å². The van der Waals surface area contributed by atoms with Crippen molar-refractivity contribution < 1.29 is 0 Å². The number of pyridine rings is 1. The Kier molecular flexibility index (Phi) is 6.99. The summed E-state index contributed by atoms with van der Waals surface area (Å²) in [5.41, 5.74) is 15.5. The number of rotatable bonds is 5. The summed E-state index contributed by atoms with van der Waals surface area (Å²) < 4.78 is 4.93. The standard InChI is InChI=1S/C51H35N3/c1-2-17-42-34(13-1)14-12-22-43(42)36-16-11-15-35(27-36)38-28-39(33-52-32-38)37-29-40(53-48-23-7-3-18-44(48)45-19-4-8-24-49(45)53)31-41(30-37)54-50-25-9-5-20-46(50)47-21-6-10-26-51(47)54/h1-9,11-25,27-33H,10,26H2. The van der Waals surface area contributed by atoms with Crippen molar-refractivity contribution >= 4 is 49.6 Å². The maximum atomic E-state index is 4.87. The van der Waals surface area contributed by atoms with Crippen molar-refractivity contribution in [3.8, 4) is 44.8 Å². The Morgan fingerprint density at radius 3 is 1.78 bits per heavy atom. The van der Waals surface area contributed by atoms with Crippen LogP contribution in [0.25, 0.3) is 94.3 Å². The molecule has 0 fully saturated rings. The minimum absolute atomic E-state index is 1.000. The highest BCUT2D eigenvalue weighted by Crippen LogP contribution is 2.39. The fourth-order valence-corrected chi connectivity index (χ4v) is 8.79. The summed E-state index contributed by atoms with van der Waals surface area (Å²) in [7, 11) is 0. The Morgan fingerprint density at radius 1 is 0.426 bits per heavy atom. The maximum absolute atomic E-state index is 4.87. The fraction of sp³-hybridized carbons (Fsp3) is 0.0392. The maximum Gasteiger partial charge on any atom is 0.0541 e. The molecule has 0 bridgehead atoms. The van der Waals surface area contributed by atoms with Gasteiger partial charge in [0.05, 0.1) is 16.6 Å². The summed E-state index contributed by atoms with van der Waals surface area (Å²) in [6, 6.07) is 59.8. The van der Waals surface area contributed by atoms with E-state index in [2.05, 4.69) is 185 Å². The van der Waals surface area contributed by atoms with Crippen molar-refractivity contribution in [1.29, 1.82) is 0 Å². The van der Waals surface area contributed by atoms with Gasteiger partial charge in [-0.3, -0.25) is 4.98 Å². The zero-order valence-corrected chi connectivity index (χ0v) is 29.7. The summed E-state index contributed by atoms with van der Waals surface area (Å²) in [6.45, 7) is 0. The van der Waals surface area contributed by atoms with Crippen LogP contribution in [0.1, 0.15) is 17.7 Å². The fourth-order valence-electron chi connectivity index (χ4n) is 8.79. The number of fused-ring (bicyclic) bond motifs is 7. The minimum Gasteiger partial charge on any atom is -0.313 e. The van der Waals surface area contributed by atoms with Crippen LogP contribution in [0.5, 0.6) is 0 Å². The summed E-state index contributed by atoms with van der Waals surface area (Å²) in [6.07, 6.45) is 10.7. The van der Waals surface area contributed by atoms with Gasteiger partial charge in [-0.2, -0.15) is 0 Å². The van der Waals surface area contributed by atoms with E-state index in [1.165, 1.54) is 65.9 Å². The quantitative estimate of drug-likeness (QED) is 0.176. The summed E-state index contributed by atoms with van der Waals surface area (Å²) in [4.78, 5) is 4.87. The van der Waals surface area contributed by atoms with Crippen molar-refractivity contribution in [1.82, 2.24) is 14.1 Å². The van der Waals surface area contributed by atoms with Gasteiger partial charge < -0.3 is 9.13 Å². The molecule has 11 rings (SSSR count). The molecule has 0 N–H and O–H groups in total. The third kappa shape index (κ3) is 4.86. The second-order valence-corrected chi connectivity index (χ2v) is 14.3. The number of allylic oxidation sites excluding steroid dienone is 1. The van der Waals surface area contributed by atoms with Crippen LogP contribution in [0.2, 0.25) is 0 Å². The van der Waals surface area contributed by atoms with Crippen molar-refractivity contribution in [3.05, 3.63) is 194 Å². The van der Waals surface area contributed by atoms with E-state index in [-0.39, 0.29) is 0 Å². The molecule has 0 saturated carbocycles. The number of benzene rings is 7. The summed E-state index contributed by atoms with van der Waals surface area (Å²) in [5, 5.41) is 6.30. The van der Waals surface area contributed by atoms with Gasteiger partial charge in [-0.05, 0) is 94.4 Å². The molecule has 0 spiro atoms. The van der Waals surface area contributed by atoms with Gasteiger partial charge in [0, 0.05) is 62.3 Å². The second kappa shape index (κ2) is 12.3. The third-order valence-corrected chi connectivity index (χ3v) is 11.2.